The van der Waals surface area contributed by atoms with Crippen molar-refractivity contribution in [2.45, 2.75) is 19.4 Å². The molecule has 0 aromatic rings. The normalized spacial score (nSPS) is 28.9. The molecular weight excluding hydrogens is 228 g/mol. The highest BCUT2D eigenvalue weighted by Gasteiger charge is 2.27. The van der Waals surface area contributed by atoms with Gasteiger partial charge in [-0.2, -0.15) is 0 Å². The van der Waals surface area contributed by atoms with Gasteiger partial charge in [0.2, 0.25) is 0 Å². The summed E-state index contributed by atoms with van der Waals surface area (Å²) in [5.74, 6) is 7.04. The summed E-state index contributed by atoms with van der Waals surface area (Å²) >= 11 is 4.51. The predicted molar refractivity (Wildman–Crippen MR) is 74.5 cm³/mol. The van der Waals surface area contributed by atoms with Crippen LogP contribution in [0.3, 0.4) is 0 Å². The second kappa shape index (κ2) is 5.16. The van der Waals surface area contributed by atoms with Gasteiger partial charge in [0.05, 0.1) is 0 Å². The molecule has 17 heavy (non-hydrogen) atoms. The van der Waals surface area contributed by atoms with Crippen molar-refractivity contribution in [3.63, 3.8) is 0 Å². The summed E-state index contributed by atoms with van der Waals surface area (Å²) in [6, 6.07) is 0. The molecule has 0 radical (unpaired) electrons. The van der Waals surface area contributed by atoms with Gasteiger partial charge in [-0.3, -0.25) is 0 Å². The predicted octanol–water partition coefficient (Wildman–Crippen LogP) is 3.55. The number of allylic oxidation sites excluding steroid dienone is 5. The lowest BCUT2D eigenvalue weighted by Crippen LogP contribution is -2.07. The smallest absolute Gasteiger partial charge is 0.185 e. The molecule has 0 N–H and O–H groups in total. The molecule has 1 aliphatic heterocycles. The Morgan fingerprint density at radius 1 is 1.59 bits per heavy atom. The van der Waals surface area contributed by atoms with Crippen molar-refractivity contribution in [1.29, 1.82) is 0 Å². The summed E-state index contributed by atoms with van der Waals surface area (Å²) in [6.07, 6.45) is 10.1. The first kappa shape index (κ1) is 11.9. The maximum Gasteiger partial charge on any atom is 0.185 e. The fourth-order valence-corrected chi connectivity index (χ4v) is 2.21. The van der Waals surface area contributed by atoms with E-state index in [9.17, 15) is 0 Å². The Hall–Kier alpha value is -1.59. The molecule has 0 spiro atoms. The van der Waals surface area contributed by atoms with E-state index in [0.717, 1.165) is 28.2 Å². The van der Waals surface area contributed by atoms with E-state index in [-0.39, 0.29) is 6.10 Å². The van der Waals surface area contributed by atoms with Crippen LogP contribution in [0, 0.1) is 11.8 Å². The Kier molecular flexibility index (Phi) is 3.61. The third kappa shape index (κ3) is 2.40. The van der Waals surface area contributed by atoms with Crippen LogP contribution in [0.1, 0.15) is 13.3 Å². The van der Waals surface area contributed by atoms with Gasteiger partial charge in [-0.15, -0.1) is 12.6 Å². The number of rotatable bonds is 2. The molecule has 0 saturated carbocycles. The molecule has 1 aliphatic carbocycles. The molecular formula is C15H14OS. The van der Waals surface area contributed by atoms with Crippen LogP contribution in [0.4, 0.5) is 0 Å². The van der Waals surface area contributed by atoms with Gasteiger partial charge in [-0.1, -0.05) is 42.7 Å². The van der Waals surface area contributed by atoms with Gasteiger partial charge in [0.1, 0.15) is 5.76 Å². The molecule has 2 rings (SSSR count). The first-order valence-electron chi connectivity index (χ1n) is 5.49. The van der Waals surface area contributed by atoms with E-state index in [4.69, 9.17) is 4.74 Å². The fourth-order valence-electron chi connectivity index (χ4n) is 1.82. The summed E-state index contributed by atoms with van der Waals surface area (Å²) in [5.41, 5.74) is 2.17. The van der Waals surface area contributed by atoms with Crippen LogP contribution in [0.25, 0.3) is 0 Å². The largest absolute Gasteiger partial charge is 0.473 e. The van der Waals surface area contributed by atoms with E-state index in [0.29, 0.717) is 0 Å². The van der Waals surface area contributed by atoms with E-state index in [1.807, 2.05) is 31.2 Å². The molecule has 2 heteroatoms. The lowest BCUT2D eigenvalue weighted by Gasteiger charge is -2.09. The number of hydrogen-bond donors (Lipinski definition) is 1. The Morgan fingerprint density at radius 2 is 2.41 bits per heavy atom. The SMILES string of the molecule is C=C/C=C\C1=C(C)C2=C(S)/C=C\CC#CC\2O1. The molecule has 0 fully saturated rings. The number of hydrogen-bond acceptors (Lipinski definition) is 2. The van der Waals surface area contributed by atoms with Gasteiger partial charge in [0.15, 0.2) is 6.10 Å². The Morgan fingerprint density at radius 3 is 3.18 bits per heavy atom. The van der Waals surface area contributed by atoms with Gasteiger partial charge < -0.3 is 4.74 Å². The second-order valence-electron chi connectivity index (χ2n) is 3.81. The zero-order chi connectivity index (χ0) is 12.3. The maximum atomic E-state index is 5.82. The van der Waals surface area contributed by atoms with Crippen molar-refractivity contribution in [3.05, 3.63) is 58.8 Å². The average Bonchev–Trinajstić information content (AvgIpc) is 2.59. The Balaban J connectivity index is 2.45. The molecule has 0 aromatic heterocycles. The molecule has 0 aromatic carbocycles. The third-order valence-corrected chi connectivity index (χ3v) is 3.06. The minimum absolute atomic E-state index is 0.183. The summed E-state index contributed by atoms with van der Waals surface area (Å²) in [4.78, 5) is 0.934. The van der Waals surface area contributed by atoms with E-state index in [1.165, 1.54) is 0 Å². The van der Waals surface area contributed by atoms with Gasteiger partial charge >= 0.3 is 0 Å². The van der Waals surface area contributed by atoms with Crippen molar-refractivity contribution < 1.29 is 4.74 Å². The third-order valence-electron chi connectivity index (χ3n) is 2.67. The number of ether oxygens (including phenoxy) is 1. The van der Waals surface area contributed by atoms with Gasteiger partial charge in [0.25, 0.3) is 0 Å². The van der Waals surface area contributed by atoms with Crippen LogP contribution in [0.2, 0.25) is 0 Å². The van der Waals surface area contributed by atoms with Crippen LogP contribution in [-0.4, -0.2) is 6.10 Å². The molecule has 0 amide bonds. The monoisotopic (exact) mass is 242 g/mol. The molecule has 1 nitrogen and oxygen atoms in total. The van der Waals surface area contributed by atoms with Gasteiger partial charge in [-0.05, 0) is 13.0 Å². The molecule has 1 heterocycles. The summed E-state index contributed by atoms with van der Waals surface area (Å²) in [7, 11) is 0. The van der Waals surface area contributed by atoms with Crippen LogP contribution in [0.15, 0.2) is 58.8 Å². The Labute approximate surface area is 108 Å². The highest BCUT2D eigenvalue weighted by molar-refractivity contribution is 7.84. The Bertz CT molecular complexity index is 521. The highest BCUT2D eigenvalue weighted by Crippen LogP contribution is 2.35. The number of thiol groups is 1. The summed E-state index contributed by atoms with van der Waals surface area (Å²) < 4.78 is 5.82. The van der Waals surface area contributed by atoms with Crippen molar-refractivity contribution in [3.8, 4) is 11.8 Å². The molecule has 2 aliphatic rings. The summed E-state index contributed by atoms with van der Waals surface area (Å²) in [6.45, 7) is 5.68. The van der Waals surface area contributed by atoms with Crippen LogP contribution >= 0.6 is 12.6 Å². The highest BCUT2D eigenvalue weighted by atomic mass is 32.1. The van der Waals surface area contributed by atoms with E-state index in [1.54, 1.807) is 6.08 Å². The fraction of sp³-hybridized carbons (Fsp3) is 0.200. The standard InChI is InChI=1S/C15H14OS/c1-3-4-8-12-11(2)15-13(16-12)9-6-5-7-10-14(15)17/h3-4,7-8,10,13,17H,1,5H2,2H3/b8-4-,10-7-,15-14+. The van der Waals surface area contributed by atoms with Crippen molar-refractivity contribution in [2.75, 3.05) is 0 Å². The maximum absolute atomic E-state index is 5.82. The van der Waals surface area contributed by atoms with Crippen molar-refractivity contribution in [1.82, 2.24) is 0 Å². The van der Waals surface area contributed by atoms with Crippen LogP contribution in [-0.2, 0) is 4.74 Å². The minimum atomic E-state index is -0.183. The quantitative estimate of drug-likeness (QED) is 0.442. The zero-order valence-electron chi connectivity index (χ0n) is 9.73. The first-order chi connectivity index (χ1) is 8.24. The minimum Gasteiger partial charge on any atom is -0.473 e. The average molecular weight is 242 g/mol. The van der Waals surface area contributed by atoms with Gasteiger partial charge in [-0.25, -0.2) is 0 Å². The topological polar surface area (TPSA) is 9.23 Å². The van der Waals surface area contributed by atoms with E-state index >= 15 is 0 Å². The summed E-state index contributed by atoms with van der Waals surface area (Å²) in [5, 5.41) is 0. The second-order valence-corrected chi connectivity index (χ2v) is 4.29. The lowest BCUT2D eigenvalue weighted by molar-refractivity contribution is 0.223. The van der Waals surface area contributed by atoms with Gasteiger partial charge in [0, 0.05) is 22.5 Å². The molecule has 1 unspecified atom stereocenters. The molecule has 86 valence electrons. The van der Waals surface area contributed by atoms with Crippen molar-refractivity contribution >= 4 is 12.6 Å². The zero-order valence-corrected chi connectivity index (χ0v) is 10.6. The van der Waals surface area contributed by atoms with Crippen LogP contribution < -0.4 is 0 Å². The molecule has 0 saturated heterocycles. The molecule has 1 atom stereocenters. The number of fused-ring (bicyclic) bond motifs is 1. The van der Waals surface area contributed by atoms with E-state index < -0.39 is 0 Å². The van der Waals surface area contributed by atoms with E-state index in [2.05, 4.69) is 31.0 Å². The van der Waals surface area contributed by atoms with Crippen LogP contribution in [0.5, 0.6) is 0 Å². The van der Waals surface area contributed by atoms with Crippen molar-refractivity contribution in [2.24, 2.45) is 0 Å². The molecule has 0 bridgehead atoms. The lowest BCUT2D eigenvalue weighted by atomic mass is 10.0. The first-order valence-corrected chi connectivity index (χ1v) is 5.94.